The quantitative estimate of drug-likeness (QED) is 0.814. The molecule has 6 heteroatoms. The summed E-state index contributed by atoms with van der Waals surface area (Å²) in [7, 11) is 0. The second kappa shape index (κ2) is 6.89. The van der Waals surface area contributed by atoms with Crippen LogP contribution in [0.5, 0.6) is 0 Å². The summed E-state index contributed by atoms with van der Waals surface area (Å²) in [6, 6.07) is 4.19. The number of amides is 2. The van der Waals surface area contributed by atoms with Crippen LogP contribution < -0.4 is 0 Å². The zero-order valence-electron chi connectivity index (χ0n) is 16.6. The van der Waals surface area contributed by atoms with Gasteiger partial charge in [-0.2, -0.15) is 0 Å². The van der Waals surface area contributed by atoms with Gasteiger partial charge in [-0.25, -0.2) is 0 Å². The molecule has 0 bridgehead atoms. The summed E-state index contributed by atoms with van der Waals surface area (Å²) in [6.07, 6.45) is 3.86. The second-order valence-corrected chi connectivity index (χ2v) is 8.73. The Kier molecular flexibility index (Phi) is 4.70. The molecule has 4 rings (SSSR count). The molecule has 0 unspecified atom stereocenters. The molecule has 3 saturated heterocycles. The minimum Gasteiger partial charge on any atom is -0.342 e. The first-order valence-corrected chi connectivity index (χ1v) is 10.2. The molecule has 6 nitrogen and oxygen atoms in total. The lowest BCUT2D eigenvalue weighted by Crippen LogP contribution is -2.49. The number of aryl methyl sites for hydroxylation is 1. The molecule has 2 amide bonds. The highest BCUT2D eigenvalue weighted by Gasteiger charge is 2.59. The highest BCUT2D eigenvalue weighted by Crippen LogP contribution is 2.45. The van der Waals surface area contributed by atoms with E-state index < -0.39 is 5.41 Å². The molecule has 4 heterocycles. The van der Waals surface area contributed by atoms with Gasteiger partial charge in [0.05, 0.1) is 5.41 Å². The Morgan fingerprint density at radius 1 is 1.15 bits per heavy atom. The molecular formula is C21H30N4O2. The number of aromatic nitrogens is 1. The molecule has 0 saturated carbocycles. The van der Waals surface area contributed by atoms with Gasteiger partial charge in [-0.1, -0.05) is 6.07 Å². The Morgan fingerprint density at radius 3 is 2.56 bits per heavy atom. The molecule has 0 spiro atoms. The first kappa shape index (κ1) is 18.4. The monoisotopic (exact) mass is 370 g/mol. The molecule has 3 fully saturated rings. The van der Waals surface area contributed by atoms with Crippen molar-refractivity contribution in [2.75, 3.05) is 39.3 Å². The van der Waals surface area contributed by atoms with Crippen LogP contribution in [0.2, 0.25) is 0 Å². The lowest BCUT2D eigenvalue weighted by atomic mass is 9.79. The summed E-state index contributed by atoms with van der Waals surface area (Å²) in [5.74, 6) is 0.439. The van der Waals surface area contributed by atoms with E-state index >= 15 is 0 Å². The molecule has 146 valence electrons. The van der Waals surface area contributed by atoms with Crippen molar-refractivity contribution < 1.29 is 9.59 Å². The normalized spacial score (nSPS) is 28.2. The van der Waals surface area contributed by atoms with Gasteiger partial charge in [0.15, 0.2) is 0 Å². The summed E-state index contributed by atoms with van der Waals surface area (Å²) < 4.78 is 0. The van der Waals surface area contributed by atoms with Gasteiger partial charge in [0, 0.05) is 57.4 Å². The van der Waals surface area contributed by atoms with Gasteiger partial charge in [-0.05, 0) is 45.2 Å². The standard InChI is InChI=1S/C21H30N4O2/c1-15(2)24-11-17-12-25(19(26)18-16(3)7-6-8-22-18)14-21(17,13-24)20(27)23-9-4-5-10-23/h6-8,15,17H,4-5,9-14H2,1-3H3/t17-,21-/m0/s1. The maximum atomic E-state index is 13.5. The van der Waals surface area contributed by atoms with E-state index in [1.807, 2.05) is 28.9 Å². The topological polar surface area (TPSA) is 56.8 Å². The number of hydrogen-bond donors (Lipinski definition) is 0. The molecule has 0 N–H and O–H groups in total. The van der Waals surface area contributed by atoms with Crippen LogP contribution >= 0.6 is 0 Å². The van der Waals surface area contributed by atoms with E-state index in [-0.39, 0.29) is 17.7 Å². The smallest absolute Gasteiger partial charge is 0.272 e. The average Bonchev–Trinajstić information content (AvgIpc) is 3.35. The van der Waals surface area contributed by atoms with Crippen LogP contribution in [0.1, 0.15) is 42.7 Å². The van der Waals surface area contributed by atoms with E-state index in [4.69, 9.17) is 0 Å². The lowest BCUT2D eigenvalue weighted by molar-refractivity contribution is -0.141. The van der Waals surface area contributed by atoms with Crippen molar-refractivity contribution in [3.63, 3.8) is 0 Å². The van der Waals surface area contributed by atoms with Crippen LogP contribution in [0.3, 0.4) is 0 Å². The summed E-state index contributed by atoms with van der Waals surface area (Å²) in [5.41, 5.74) is 0.956. The van der Waals surface area contributed by atoms with Crippen LogP contribution in [-0.2, 0) is 4.79 Å². The molecule has 1 aromatic rings. The molecule has 3 aliphatic rings. The molecule has 3 aliphatic heterocycles. The fourth-order valence-electron chi connectivity index (χ4n) is 5.05. The Balaban J connectivity index is 1.61. The fraction of sp³-hybridized carbons (Fsp3) is 0.667. The highest BCUT2D eigenvalue weighted by atomic mass is 16.2. The summed E-state index contributed by atoms with van der Waals surface area (Å²) in [4.78, 5) is 37.3. The van der Waals surface area contributed by atoms with E-state index in [0.29, 0.717) is 24.8 Å². The van der Waals surface area contributed by atoms with E-state index in [2.05, 4.69) is 23.7 Å². The first-order valence-electron chi connectivity index (χ1n) is 10.2. The summed E-state index contributed by atoms with van der Waals surface area (Å²) in [5, 5.41) is 0. The maximum absolute atomic E-state index is 13.5. The Morgan fingerprint density at radius 2 is 1.89 bits per heavy atom. The highest BCUT2D eigenvalue weighted by molar-refractivity contribution is 5.95. The van der Waals surface area contributed by atoms with Crippen molar-refractivity contribution in [3.8, 4) is 0 Å². The van der Waals surface area contributed by atoms with Crippen LogP contribution in [0.15, 0.2) is 18.3 Å². The maximum Gasteiger partial charge on any atom is 0.272 e. The molecule has 2 atom stereocenters. The van der Waals surface area contributed by atoms with Crippen molar-refractivity contribution in [2.24, 2.45) is 11.3 Å². The van der Waals surface area contributed by atoms with Gasteiger partial charge in [0.2, 0.25) is 5.91 Å². The molecule has 1 aromatic heterocycles. The van der Waals surface area contributed by atoms with Gasteiger partial charge in [0.1, 0.15) is 5.69 Å². The SMILES string of the molecule is Cc1cccnc1C(=O)N1C[C@@H]2CN(C(C)C)C[C@]2(C(=O)N2CCCC2)C1. The number of carbonyl (C=O) groups excluding carboxylic acids is 2. The third-order valence-corrected chi connectivity index (χ3v) is 6.68. The third kappa shape index (κ3) is 3.04. The van der Waals surface area contributed by atoms with Gasteiger partial charge < -0.3 is 9.80 Å². The van der Waals surface area contributed by atoms with Gasteiger partial charge >= 0.3 is 0 Å². The molecule has 27 heavy (non-hydrogen) atoms. The molecule has 0 radical (unpaired) electrons. The minimum atomic E-state index is -0.451. The Bertz CT molecular complexity index is 743. The summed E-state index contributed by atoms with van der Waals surface area (Å²) >= 11 is 0. The minimum absolute atomic E-state index is 0.0350. The number of likely N-dealkylation sites (tertiary alicyclic amines) is 3. The average molecular weight is 370 g/mol. The van der Waals surface area contributed by atoms with Crippen LogP contribution in [0, 0.1) is 18.3 Å². The van der Waals surface area contributed by atoms with E-state index in [1.54, 1.807) is 6.20 Å². The lowest BCUT2D eigenvalue weighted by Gasteiger charge is -2.33. The zero-order chi connectivity index (χ0) is 19.2. The number of pyridine rings is 1. The van der Waals surface area contributed by atoms with Gasteiger partial charge in [0.25, 0.3) is 5.91 Å². The van der Waals surface area contributed by atoms with Crippen molar-refractivity contribution in [3.05, 3.63) is 29.6 Å². The third-order valence-electron chi connectivity index (χ3n) is 6.68. The van der Waals surface area contributed by atoms with Crippen molar-refractivity contribution in [2.45, 2.75) is 39.7 Å². The molecule has 0 aliphatic carbocycles. The second-order valence-electron chi connectivity index (χ2n) is 8.73. The molecule has 0 aromatic carbocycles. The predicted octanol–water partition coefficient (Wildman–Crippen LogP) is 1.79. The number of nitrogens with zero attached hydrogens (tertiary/aromatic N) is 4. The number of hydrogen-bond acceptors (Lipinski definition) is 4. The molecular weight excluding hydrogens is 340 g/mol. The van der Waals surface area contributed by atoms with Crippen molar-refractivity contribution in [1.82, 2.24) is 19.7 Å². The number of rotatable bonds is 3. The van der Waals surface area contributed by atoms with Crippen molar-refractivity contribution >= 4 is 11.8 Å². The largest absolute Gasteiger partial charge is 0.342 e. The first-order chi connectivity index (χ1) is 12.9. The van der Waals surface area contributed by atoms with Crippen LogP contribution in [-0.4, -0.2) is 76.8 Å². The Labute approximate surface area is 161 Å². The zero-order valence-corrected chi connectivity index (χ0v) is 16.6. The number of carbonyl (C=O) groups is 2. The van der Waals surface area contributed by atoms with E-state index in [1.165, 1.54) is 0 Å². The van der Waals surface area contributed by atoms with Gasteiger partial charge in [-0.3, -0.25) is 19.5 Å². The summed E-state index contributed by atoms with van der Waals surface area (Å²) in [6.45, 7) is 10.8. The van der Waals surface area contributed by atoms with E-state index in [9.17, 15) is 9.59 Å². The number of fused-ring (bicyclic) bond motifs is 1. The Hall–Kier alpha value is -1.95. The van der Waals surface area contributed by atoms with E-state index in [0.717, 1.165) is 44.6 Å². The van der Waals surface area contributed by atoms with Crippen LogP contribution in [0.4, 0.5) is 0 Å². The van der Waals surface area contributed by atoms with Crippen LogP contribution in [0.25, 0.3) is 0 Å². The fourth-order valence-corrected chi connectivity index (χ4v) is 5.05. The predicted molar refractivity (Wildman–Crippen MR) is 103 cm³/mol. The van der Waals surface area contributed by atoms with Gasteiger partial charge in [-0.15, -0.1) is 0 Å². The van der Waals surface area contributed by atoms with Crippen molar-refractivity contribution in [1.29, 1.82) is 0 Å².